The normalized spacial score (nSPS) is 15.0. The van der Waals surface area contributed by atoms with E-state index in [0.717, 1.165) is 18.8 Å². The average Bonchev–Trinajstić information content (AvgIpc) is 2.53. The van der Waals surface area contributed by atoms with Crippen LogP contribution < -0.4 is 10.3 Å². The third-order valence-corrected chi connectivity index (χ3v) is 3.36. The molecule has 1 N–H and O–H groups in total. The Bertz CT molecular complexity index is 696. The minimum absolute atomic E-state index is 0.196. The number of pyridine rings is 1. The standard InChI is InChI=1S/C12H13ClN7O/c13-12-17-9-2-1-8(7-15-19-14)16-10(9)11(18-12)20-3-5-21-6-4-20/h1-2,15H,3-7H2/q+1. The molecule has 1 aliphatic heterocycles. The number of hydrogen-bond acceptors (Lipinski definition) is 7. The molecule has 8 nitrogen and oxygen atoms in total. The first kappa shape index (κ1) is 13.7. The van der Waals surface area contributed by atoms with Gasteiger partial charge in [0.05, 0.1) is 24.4 Å². The van der Waals surface area contributed by atoms with E-state index in [2.05, 4.69) is 30.4 Å². The van der Waals surface area contributed by atoms with Gasteiger partial charge in [-0.1, -0.05) is 0 Å². The molecule has 1 aliphatic rings. The lowest BCUT2D eigenvalue weighted by molar-refractivity contribution is 0.122. The lowest BCUT2D eigenvalue weighted by Crippen LogP contribution is -2.37. The fraction of sp³-hybridized carbons (Fsp3) is 0.417. The van der Waals surface area contributed by atoms with Crippen LogP contribution in [0.15, 0.2) is 12.1 Å². The zero-order chi connectivity index (χ0) is 14.7. The number of nitrogens with zero attached hydrogens (tertiary/aromatic N) is 6. The first-order valence-electron chi connectivity index (χ1n) is 6.51. The number of ether oxygens (including phenoxy) is 1. The molecule has 0 radical (unpaired) electrons. The fourth-order valence-electron chi connectivity index (χ4n) is 2.22. The molecule has 0 bridgehead atoms. The molecule has 0 atom stereocenters. The van der Waals surface area contributed by atoms with Gasteiger partial charge in [0.15, 0.2) is 5.82 Å². The van der Waals surface area contributed by atoms with Gasteiger partial charge in [0.2, 0.25) is 5.28 Å². The number of diazo groups is 1. The Hall–Kier alpha value is -2.24. The van der Waals surface area contributed by atoms with Gasteiger partial charge >= 0.3 is 5.08 Å². The number of fused-ring (bicyclic) bond motifs is 1. The molecule has 3 rings (SSSR count). The lowest BCUT2D eigenvalue weighted by atomic mass is 10.2. The summed E-state index contributed by atoms with van der Waals surface area (Å²) < 4.78 is 5.35. The highest BCUT2D eigenvalue weighted by molar-refractivity contribution is 6.28. The van der Waals surface area contributed by atoms with Crippen LogP contribution in [0.1, 0.15) is 5.69 Å². The summed E-state index contributed by atoms with van der Waals surface area (Å²) in [5.41, 5.74) is 4.54. The molecule has 0 spiro atoms. The van der Waals surface area contributed by atoms with E-state index in [1.165, 1.54) is 0 Å². The number of rotatable bonds is 3. The van der Waals surface area contributed by atoms with E-state index in [1.807, 2.05) is 6.07 Å². The van der Waals surface area contributed by atoms with Crippen molar-refractivity contribution in [2.45, 2.75) is 6.54 Å². The van der Waals surface area contributed by atoms with Crippen molar-refractivity contribution in [3.8, 4) is 0 Å². The van der Waals surface area contributed by atoms with E-state index in [-0.39, 0.29) is 5.28 Å². The zero-order valence-corrected chi connectivity index (χ0v) is 11.9. The summed E-state index contributed by atoms with van der Waals surface area (Å²) in [5, 5.41) is 11.5. The molecule has 1 fully saturated rings. The van der Waals surface area contributed by atoms with Crippen LogP contribution in [0.25, 0.3) is 16.1 Å². The Balaban J connectivity index is 2.05. The molecular weight excluding hydrogens is 294 g/mol. The van der Waals surface area contributed by atoms with Crippen LogP contribution in [-0.2, 0) is 11.3 Å². The van der Waals surface area contributed by atoms with E-state index in [9.17, 15) is 0 Å². The summed E-state index contributed by atoms with van der Waals surface area (Å²) in [7, 11) is 0. The highest BCUT2D eigenvalue weighted by Crippen LogP contribution is 2.24. The van der Waals surface area contributed by atoms with Crippen LogP contribution in [-0.4, -0.2) is 41.3 Å². The van der Waals surface area contributed by atoms with Crippen LogP contribution in [0, 0.1) is 5.39 Å². The van der Waals surface area contributed by atoms with Crippen LogP contribution in [0.5, 0.6) is 0 Å². The number of nitrogens with one attached hydrogen (secondary N) is 1. The van der Waals surface area contributed by atoms with Gasteiger partial charge in [-0.3, -0.25) is 0 Å². The largest absolute Gasteiger partial charge is 0.378 e. The number of morpholine rings is 1. The molecular formula is C12H13ClN7O+. The quantitative estimate of drug-likeness (QED) is 0.520. The van der Waals surface area contributed by atoms with Gasteiger partial charge in [0.25, 0.3) is 5.39 Å². The molecule has 0 amide bonds. The summed E-state index contributed by atoms with van der Waals surface area (Å²) in [5.74, 6) is 0.705. The van der Waals surface area contributed by atoms with Crippen molar-refractivity contribution < 1.29 is 4.74 Å². The Morgan fingerprint density at radius 3 is 2.86 bits per heavy atom. The summed E-state index contributed by atoms with van der Waals surface area (Å²) in [4.78, 5) is 15.1. The smallest absolute Gasteiger partial charge is 0.303 e. The number of anilines is 1. The van der Waals surface area contributed by atoms with E-state index < -0.39 is 0 Å². The zero-order valence-electron chi connectivity index (χ0n) is 11.2. The van der Waals surface area contributed by atoms with Crippen LogP contribution in [0.3, 0.4) is 0 Å². The van der Waals surface area contributed by atoms with Crippen LogP contribution in [0.2, 0.25) is 5.28 Å². The second kappa shape index (κ2) is 6.03. The Morgan fingerprint density at radius 1 is 1.29 bits per heavy atom. The first-order valence-corrected chi connectivity index (χ1v) is 6.88. The maximum Gasteiger partial charge on any atom is 0.303 e. The van der Waals surface area contributed by atoms with Gasteiger partial charge < -0.3 is 9.64 Å². The third-order valence-electron chi connectivity index (χ3n) is 3.20. The minimum atomic E-state index is 0.196. The molecule has 0 aromatic carbocycles. The maximum atomic E-state index is 8.46. The van der Waals surface area contributed by atoms with E-state index in [4.69, 9.17) is 21.7 Å². The van der Waals surface area contributed by atoms with E-state index in [1.54, 1.807) is 6.07 Å². The first-order chi connectivity index (χ1) is 10.3. The van der Waals surface area contributed by atoms with Gasteiger partial charge in [-0.2, -0.15) is 4.98 Å². The van der Waals surface area contributed by atoms with Gasteiger partial charge in [-0.25, -0.2) is 9.97 Å². The van der Waals surface area contributed by atoms with Crippen molar-refractivity contribution in [2.75, 3.05) is 31.2 Å². The van der Waals surface area contributed by atoms with Gasteiger partial charge in [0, 0.05) is 13.1 Å². The highest BCUT2D eigenvalue weighted by atomic mass is 35.5. The van der Waals surface area contributed by atoms with Crippen molar-refractivity contribution in [2.24, 2.45) is 0 Å². The maximum absolute atomic E-state index is 8.46. The Kier molecular flexibility index (Phi) is 3.94. The molecule has 2 aromatic rings. The van der Waals surface area contributed by atoms with E-state index in [0.29, 0.717) is 36.6 Å². The summed E-state index contributed by atoms with van der Waals surface area (Å²) in [6.45, 7) is 3.08. The lowest BCUT2D eigenvalue weighted by Gasteiger charge is -2.28. The second-order valence-electron chi connectivity index (χ2n) is 4.52. The molecule has 0 unspecified atom stereocenters. The van der Waals surface area contributed by atoms with Crippen LogP contribution in [0.4, 0.5) is 5.82 Å². The highest BCUT2D eigenvalue weighted by Gasteiger charge is 2.18. The molecule has 0 saturated carbocycles. The Morgan fingerprint density at radius 2 is 2.10 bits per heavy atom. The molecule has 0 aliphatic carbocycles. The summed E-state index contributed by atoms with van der Waals surface area (Å²) in [6.07, 6.45) is 0. The molecule has 1 saturated heterocycles. The third kappa shape index (κ3) is 2.94. The predicted octanol–water partition coefficient (Wildman–Crippen LogP) is 1.37. The van der Waals surface area contributed by atoms with Crippen molar-refractivity contribution in [1.82, 2.24) is 20.4 Å². The van der Waals surface area contributed by atoms with Gasteiger partial charge in [-0.05, 0) is 29.2 Å². The molecule has 21 heavy (non-hydrogen) atoms. The predicted molar refractivity (Wildman–Crippen MR) is 77.3 cm³/mol. The topological polar surface area (TPSA) is 91.3 Å². The second-order valence-corrected chi connectivity index (χ2v) is 4.86. The summed E-state index contributed by atoms with van der Waals surface area (Å²) >= 11 is 6.00. The molecule has 2 aromatic heterocycles. The summed E-state index contributed by atoms with van der Waals surface area (Å²) in [6, 6.07) is 3.63. The number of hydrogen-bond donors (Lipinski definition) is 1. The minimum Gasteiger partial charge on any atom is -0.378 e. The van der Waals surface area contributed by atoms with Crippen molar-refractivity contribution in [3.05, 3.63) is 28.2 Å². The molecule has 3 heterocycles. The molecule has 9 heteroatoms. The van der Waals surface area contributed by atoms with Crippen molar-refractivity contribution in [1.29, 1.82) is 5.39 Å². The number of halogens is 1. The van der Waals surface area contributed by atoms with Crippen molar-refractivity contribution in [3.63, 3.8) is 0 Å². The fourth-order valence-corrected chi connectivity index (χ4v) is 2.39. The van der Waals surface area contributed by atoms with Gasteiger partial charge in [0.1, 0.15) is 12.1 Å². The SMILES string of the molecule is N#[N+]NCc1ccc2nc(Cl)nc(N3CCOCC3)c2n1. The monoisotopic (exact) mass is 306 g/mol. The molecule has 108 valence electrons. The Labute approximate surface area is 125 Å². The van der Waals surface area contributed by atoms with Gasteiger partial charge in [-0.15, -0.1) is 0 Å². The van der Waals surface area contributed by atoms with E-state index >= 15 is 0 Å². The number of aromatic nitrogens is 3. The van der Waals surface area contributed by atoms with Crippen LogP contribution >= 0.6 is 11.6 Å². The van der Waals surface area contributed by atoms with Crippen molar-refractivity contribution >= 4 is 28.5 Å². The average molecular weight is 307 g/mol.